The lowest BCUT2D eigenvalue weighted by Gasteiger charge is -2.03. The summed E-state index contributed by atoms with van der Waals surface area (Å²) < 4.78 is 1.06. The third kappa shape index (κ3) is 1.50. The lowest BCUT2D eigenvalue weighted by Crippen LogP contribution is -2.29. The van der Waals surface area contributed by atoms with Crippen LogP contribution >= 0.6 is 0 Å². The monoisotopic (exact) mass is 167 g/mol. The summed E-state index contributed by atoms with van der Waals surface area (Å²) in [5, 5.41) is 13.8. The highest BCUT2D eigenvalue weighted by Crippen LogP contribution is 1.86. The van der Waals surface area contributed by atoms with Gasteiger partial charge in [0.2, 0.25) is 0 Å². The van der Waals surface area contributed by atoms with Gasteiger partial charge in [0.1, 0.15) is 5.69 Å². The zero-order valence-corrected chi connectivity index (χ0v) is 6.48. The molecule has 0 unspecified atom stereocenters. The number of hydrogen-bond donors (Lipinski definition) is 0. The molecule has 5 heteroatoms. The molecule has 0 N–H and O–H groups in total. The van der Waals surface area contributed by atoms with Crippen LogP contribution in [0, 0.1) is 0 Å². The van der Waals surface area contributed by atoms with E-state index in [9.17, 15) is 14.7 Å². The van der Waals surface area contributed by atoms with Gasteiger partial charge in [0.15, 0.2) is 0 Å². The number of nitrogens with zero attached hydrogens (tertiary/aromatic N) is 2. The quantitative estimate of drug-likeness (QED) is 0.544. The molecule has 5 nitrogen and oxygen atoms in total. The van der Waals surface area contributed by atoms with Crippen LogP contribution in [0.25, 0.3) is 0 Å². The molecule has 0 saturated heterocycles. The summed E-state index contributed by atoms with van der Waals surface area (Å²) in [7, 11) is 0. The van der Waals surface area contributed by atoms with Crippen molar-refractivity contribution >= 4 is 5.97 Å². The second-order valence-electron chi connectivity index (χ2n) is 2.16. The average Bonchev–Trinajstić information content (AvgIpc) is 2.05. The molecule has 0 aromatic carbocycles. The molecule has 1 rings (SSSR count). The molecule has 0 fully saturated rings. The smallest absolute Gasteiger partial charge is 0.266 e. The van der Waals surface area contributed by atoms with Gasteiger partial charge in [-0.1, -0.05) is 0 Å². The molecule has 1 aromatic rings. The summed E-state index contributed by atoms with van der Waals surface area (Å²) in [6.45, 7) is 2.05. The Labute approximate surface area is 68.3 Å². The molecule has 1 heterocycles. The number of carboxylic acid groups (broad SMARTS) is 1. The van der Waals surface area contributed by atoms with E-state index in [-0.39, 0.29) is 11.3 Å². The molecule has 0 atom stereocenters. The van der Waals surface area contributed by atoms with Gasteiger partial charge in [0, 0.05) is 12.6 Å². The predicted octanol–water partition coefficient (Wildman–Crippen LogP) is -1.37. The zero-order chi connectivity index (χ0) is 9.14. The van der Waals surface area contributed by atoms with Crippen molar-refractivity contribution in [2.75, 3.05) is 0 Å². The van der Waals surface area contributed by atoms with Crippen molar-refractivity contribution in [1.82, 2.24) is 9.78 Å². The Balaban J connectivity index is 3.23. The number of aryl methyl sites for hydroxylation is 1. The Morgan fingerprint density at radius 2 is 2.33 bits per heavy atom. The van der Waals surface area contributed by atoms with E-state index in [1.165, 1.54) is 0 Å². The summed E-state index contributed by atoms with van der Waals surface area (Å²) in [5.41, 5.74) is -0.543. The molecule has 0 saturated carbocycles. The highest BCUT2D eigenvalue weighted by molar-refractivity contribution is 5.82. The maximum atomic E-state index is 10.9. The third-order valence-corrected chi connectivity index (χ3v) is 1.38. The Morgan fingerprint density at radius 3 is 2.83 bits per heavy atom. The molecule has 64 valence electrons. The lowest BCUT2D eigenvalue weighted by molar-refractivity contribution is -0.255. The van der Waals surface area contributed by atoms with Crippen molar-refractivity contribution in [2.45, 2.75) is 13.5 Å². The van der Waals surface area contributed by atoms with E-state index in [1.807, 2.05) is 0 Å². The third-order valence-electron chi connectivity index (χ3n) is 1.38. The van der Waals surface area contributed by atoms with Crippen molar-refractivity contribution in [1.29, 1.82) is 0 Å². The standard InChI is InChI=1S/C7H8N2O3/c1-2-9-6(10)4-3-5(8-9)7(11)12/h3-4H,2H2,1H3,(H,11,12)/p-1. The van der Waals surface area contributed by atoms with Gasteiger partial charge in [-0.15, -0.1) is 0 Å². The second-order valence-corrected chi connectivity index (χ2v) is 2.16. The molecular weight excluding hydrogens is 160 g/mol. The van der Waals surface area contributed by atoms with E-state index >= 15 is 0 Å². The van der Waals surface area contributed by atoms with Crippen LogP contribution in [-0.4, -0.2) is 15.7 Å². The fraction of sp³-hybridized carbons (Fsp3) is 0.286. The van der Waals surface area contributed by atoms with Crippen LogP contribution in [-0.2, 0) is 6.54 Å². The summed E-state index contributed by atoms with van der Waals surface area (Å²) in [6.07, 6.45) is 0. The summed E-state index contributed by atoms with van der Waals surface area (Å²) in [4.78, 5) is 21.2. The van der Waals surface area contributed by atoms with Crippen LogP contribution in [0.3, 0.4) is 0 Å². The first-order chi connectivity index (χ1) is 5.65. The van der Waals surface area contributed by atoms with E-state index in [0.29, 0.717) is 6.54 Å². The number of hydrogen-bond acceptors (Lipinski definition) is 4. The van der Waals surface area contributed by atoms with Gasteiger partial charge in [-0.2, -0.15) is 5.10 Å². The highest BCUT2D eigenvalue weighted by Gasteiger charge is 1.98. The van der Waals surface area contributed by atoms with E-state index in [4.69, 9.17) is 0 Å². The van der Waals surface area contributed by atoms with E-state index < -0.39 is 5.97 Å². The number of carboxylic acids is 1. The molecule has 0 aliphatic rings. The minimum atomic E-state index is -1.38. The second kappa shape index (κ2) is 3.17. The SMILES string of the molecule is CCn1nc(C(=O)[O-])ccc1=O. The number of rotatable bonds is 2. The molecular formula is C7H7N2O3-. The van der Waals surface area contributed by atoms with Gasteiger partial charge in [-0.3, -0.25) is 4.79 Å². The Bertz CT molecular complexity index is 356. The Kier molecular flexibility index (Phi) is 2.23. The molecule has 0 amide bonds. The van der Waals surface area contributed by atoms with Crippen molar-refractivity contribution < 1.29 is 9.90 Å². The first-order valence-corrected chi connectivity index (χ1v) is 3.44. The first-order valence-electron chi connectivity index (χ1n) is 3.44. The average molecular weight is 167 g/mol. The van der Waals surface area contributed by atoms with Gasteiger partial charge in [0.25, 0.3) is 5.56 Å². The van der Waals surface area contributed by atoms with E-state index in [1.54, 1.807) is 6.92 Å². The topological polar surface area (TPSA) is 75.0 Å². The van der Waals surface area contributed by atoms with Crippen LogP contribution in [0.2, 0.25) is 0 Å². The number of carbonyl (C=O) groups excluding carboxylic acids is 1. The maximum Gasteiger partial charge on any atom is 0.266 e. The van der Waals surface area contributed by atoms with Crippen LogP contribution < -0.4 is 10.7 Å². The maximum absolute atomic E-state index is 10.9. The van der Waals surface area contributed by atoms with Crippen molar-refractivity contribution in [3.05, 3.63) is 28.2 Å². The van der Waals surface area contributed by atoms with Gasteiger partial charge < -0.3 is 9.90 Å². The van der Waals surface area contributed by atoms with Crippen LogP contribution in [0.4, 0.5) is 0 Å². The Hall–Kier alpha value is -1.65. The van der Waals surface area contributed by atoms with E-state index in [0.717, 1.165) is 16.8 Å². The normalized spacial score (nSPS) is 9.75. The molecule has 12 heavy (non-hydrogen) atoms. The number of carbonyl (C=O) groups is 1. The van der Waals surface area contributed by atoms with Gasteiger partial charge in [0.05, 0.1) is 5.97 Å². The fourth-order valence-corrected chi connectivity index (χ4v) is 0.784. The van der Waals surface area contributed by atoms with E-state index in [2.05, 4.69) is 5.10 Å². The first kappa shape index (κ1) is 8.45. The zero-order valence-electron chi connectivity index (χ0n) is 6.48. The predicted molar refractivity (Wildman–Crippen MR) is 38.5 cm³/mol. The molecule has 0 spiro atoms. The van der Waals surface area contributed by atoms with Gasteiger partial charge >= 0.3 is 0 Å². The van der Waals surface area contributed by atoms with Crippen LogP contribution in [0.5, 0.6) is 0 Å². The summed E-state index contributed by atoms with van der Waals surface area (Å²) in [6, 6.07) is 2.28. The van der Waals surface area contributed by atoms with Crippen molar-refractivity contribution in [3.63, 3.8) is 0 Å². The minimum Gasteiger partial charge on any atom is -0.543 e. The van der Waals surface area contributed by atoms with Gasteiger partial charge in [-0.05, 0) is 13.0 Å². The fourth-order valence-electron chi connectivity index (χ4n) is 0.784. The van der Waals surface area contributed by atoms with Gasteiger partial charge in [-0.25, -0.2) is 4.68 Å². The summed E-state index contributed by atoms with van der Waals surface area (Å²) in [5.74, 6) is -1.38. The molecule has 0 radical (unpaired) electrons. The van der Waals surface area contributed by atoms with Crippen LogP contribution in [0.15, 0.2) is 16.9 Å². The Morgan fingerprint density at radius 1 is 1.67 bits per heavy atom. The van der Waals surface area contributed by atoms with Crippen molar-refractivity contribution in [3.8, 4) is 0 Å². The van der Waals surface area contributed by atoms with Crippen LogP contribution in [0.1, 0.15) is 17.4 Å². The van der Waals surface area contributed by atoms with Crippen molar-refractivity contribution in [2.24, 2.45) is 0 Å². The minimum absolute atomic E-state index is 0.226. The molecule has 0 aliphatic heterocycles. The molecule has 1 aromatic heterocycles. The molecule has 0 aliphatic carbocycles. The number of aromatic carboxylic acids is 1. The molecule has 0 bridgehead atoms. The number of aromatic nitrogens is 2. The largest absolute Gasteiger partial charge is 0.543 e. The lowest BCUT2D eigenvalue weighted by atomic mass is 10.4. The summed E-state index contributed by atoms with van der Waals surface area (Å²) >= 11 is 0. The highest BCUT2D eigenvalue weighted by atomic mass is 16.4.